The van der Waals surface area contributed by atoms with E-state index in [1.165, 1.54) is 5.69 Å². The van der Waals surface area contributed by atoms with Crippen molar-refractivity contribution in [2.45, 2.75) is 44.3 Å². The van der Waals surface area contributed by atoms with E-state index in [0.29, 0.717) is 24.1 Å². The van der Waals surface area contributed by atoms with Gasteiger partial charge in [-0.2, -0.15) is 0 Å². The van der Waals surface area contributed by atoms with E-state index in [1.807, 2.05) is 18.2 Å². The van der Waals surface area contributed by atoms with Gasteiger partial charge in [0, 0.05) is 88.0 Å². The molecule has 0 spiro atoms. The van der Waals surface area contributed by atoms with Crippen molar-refractivity contribution >= 4 is 46.8 Å². The Labute approximate surface area is 297 Å². The third-order valence-electron chi connectivity index (χ3n) is 10.8. The highest BCUT2D eigenvalue weighted by Crippen LogP contribution is 2.33. The highest BCUT2D eigenvalue weighted by Gasteiger charge is 2.45. The fourth-order valence-corrected chi connectivity index (χ4v) is 7.62. The summed E-state index contributed by atoms with van der Waals surface area (Å²) >= 11 is 0. The molecule has 2 N–H and O–H groups in total. The van der Waals surface area contributed by atoms with Crippen LogP contribution in [0.15, 0.2) is 48.7 Å². The number of carbonyl (C=O) groups excluding carboxylic acids is 6. The number of likely N-dealkylation sites (N-methyl/N-ethyl adjacent to an activating group) is 2. The molecular formula is C37H44N8O6. The Balaban J connectivity index is 0.000000159. The summed E-state index contributed by atoms with van der Waals surface area (Å²) in [6, 6.07) is 10.0. The minimum absolute atomic E-state index is 0.0346. The largest absolute Gasteiger partial charge is 0.369 e. The molecule has 6 aliphatic rings. The number of anilines is 2. The van der Waals surface area contributed by atoms with Gasteiger partial charge in [0.05, 0.1) is 11.1 Å². The predicted octanol–water partition coefficient (Wildman–Crippen LogP) is 1.03. The molecule has 0 radical (unpaired) electrons. The number of hydrogen-bond donors (Lipinski definition) is 2. The standard InChI is InChI=1S/C19H24N4O2.C18H20N4O4/c1-13-3-6-17(18(24)20-13)23-12-14-11-15(4-5-16(14)19(23)25)22-9-7-21(2)8-10-22;1-20-6-8-21(9-7-20)11-2-3-12-13(10-11)18(26)22(17(12)25)14-4-5-15(23)19-16(14)24/h4-5,11,17H,1,3,6-10,12H2,2H3,(H,20,24);2-3,10,14H,4-9H2,1H3,(H,19,23,24). The molecule has 2 aromatic carbocycles. The quantitative estimate of drug-likeness (QED) is 0.445. The summed E-state index contributed by atoms with van der Waals surface area (Å²) < 4.78 is 0. The van der Waals surface area contributed by atoms with Gasteiger partial charge < -0.3 is 29.8 Å². The highest BCUT2D eigenvalue weighted by atomic mass is 16.2. The molecule has 14 nitrogen and oxygen atoms in total. The lowest BCUT2D eigenvalue weighted by Gasteiger charge is -2.34. The number of imide groups is 2. The molecule has 51 heavy (non-hydrogen) atoms. The van der Waals surface area contributed by atoms with Crippen LogP contribution in [0.2, 0.25) is 0 Å². The SMILES string of the molecule is C=C1CCC(N2Cc3cc(N4CCN(C)CC4)ccc3C2=O)C(=O)N1.CN1CCN(c2ccc3c(c2)C(=O)N(C2CCC(=O)NC2=O)C3=O)CC1. The van der Waals surface area contributed by atoms with Gasteiger partial charge in [-0.15, -0.1) is 0 Å². The summed E-state index contributed by atoms with van der Waals surface area (Å²) in [6.07, 6.45) is 1.66. The van der Waals surface area contributed by atoms with Crippen molar-refractivity contribution < 1.29 is 28.8 Å². The Morgan fingerprint density at radius 1 is 0.608 bits per heavy atom. The Morgan fingerprint density at radius 2 is 1.16 bits per heavy atom. The first-order valence-electron chi connectivity index (χ1n) is 17.6. The Morgan fingerprint density at radius 3 is 1.76 bits per heavy atom. The number of amides is 6. The predicted molar refractivity (Wildman–Crippen MR) is 189 cm³/mol. The first kappa shape index (κ1) is 34.4. The lowest BCUT2D eigenvalue weighted by molar-refractivity contribution is -0.136. The summed E-state index contributed by atoms with van der Waals surface area (Å²) in [7, 11) is 4.21. The number of benzene rings is 2. The molecule has 0 aliphatic carbocycles. The number of fused-ring (bicyclic) bond motifs is 2. The lowest BCUT2D eigenvalue weighted by Crippen LogP contribution is -2.54. The van der Waals surface area contributed by atoms with Crippen LogP contribution in [-0.4, -0.2) is 134 Å². The Bertz CT molecular complexity index is 1810. The third kappa shape index (κ3) is 6.73. The molecule has 0 bridgehead atoms. The number of hydrogen-bond acceptors (Lipinski definition) is 10. The molecule has 268 valence electrons. The maximum atomic E-state index is 12.8. The van der Waals surface area contributed by atoms with Crippen molar-refractivity contribution in [3.8, 4) is 0 Å². The summed E-state index contributed by atoms with van der Waals surface area (Å²) in [5.41, 5.74) is 5.22. The molecule has 8 rings (SSSR count). The van der Waals surface area contributed by atoms with E-state index in [9.17, 15) is 28.8 Å². The number of nitrogens with one attached hydrogen (secondary N) is 2. The molecular weight excluding hydrogens is 652 g/mol. The van der Waals surface area contributed by atoms with Gasteiger partial charge in [-0.05, 0) is 75.3 Å². The molecule has 6 heterocycles. The van der Waals surface area contributed by atoms with E-state index in [1.54, 1.807) is 17.0 Å². The van der Waals surface area contributed by atoms with Gasteiger partial charge in [0.1, 0.15) is 12.1 Å². The van der Waals surface area contributed by atoms with Gasteiger partial charge in [-0.1, -0.05) is 6.58 Å². The molecule has 6 amide bonds. The Hall–Kier alpha value is -5.08. The summed E-state index contributed by atoms with van der Waals surface area (Å²) in [5.74, 6) is -2.04. The maximum Gasteiger partial charge on any atom is 0.262 e. The normalized spacial score (nSPS) is 24.3. The zero-order valence-electron chi connectivity index (χ0n) is 29.2. The van der Waals surface area contributed by atoms with Crippen molar-refractivity contribution in [3.63, 3.8) is 0 Å². The van der Waals surface area contributed by atoms with Crippen molar-refractivity contribution in [1.82, 2.24) is 30.2 Å². The van der Waals surface area contributed by atoms with Gasteiger partial charge in [0.15, 0.2) is 0 Å². The highest BCUT2D eigenvalue weighted by molar-refractivity contribution is 6.23. The number of allylic oxidation sites excluding steroid dienone is 1. The van der Waals surface area contributed by atoms with Gasteiger partial charge in [-0.3, -0.25) is 39.0 Å². The number of carbonyl (C=O) groups is 6. The van der Waals surface area contributed by atoms with E-state index in [-0.39, 0.29) is 30.6 Å². The number of piperazine rings is 2. The van der Waals surface area contributed by atoms with Crippen molar-refractivity contribution in [1.29, 1.82) is 0 Å². The monoisotopic (exact) mass is 696 g/mol. The van der Waals surface area contributed by atoms with E-state index in [2.05, 4.69) is 57.0 Å². The first-order valence-corrected chi connectivity index (χ1v) is 17.6. The van der Waals surface area contributed by atoms with Crippen LogP contribution in [0.1, 0.15) is 62.3 Å². The van der Waals surface area contributed by atoms with Crippen LogP contribution in [0.4, 0.5) is 11.4 Å². The average Bonchev–Trinajstić information content (AvgIpc) is 3.57. The zero-order valence-corrected chi connectivity index (χ0v) is 29.2. The Kier molecular flexibility index (Phi) is 9.38. The van der Waals surface area contributed by atoms with E-state index in [4.69, 9.17) is 0 Å². The molecule has 4 fully saturated rings. The van der Waals surface area contributed by atoms with Gasteiger partial charge in [-0.25, -0.2) is 0 Å². The molecule has 2 aromatic rings. The summed E-state index contributed by atoms with van der Waals surface area (Å²) in [4.78, 5) is 85.8. The van der Waals surface area contributed by atoms with Gasteiger partial charge in [0.25, 0.3) is 17.7 Å². The first-order chi connectivity index (χ1) is 24.5. The zero-order chi connectivity index (χ0) is 36.0. The van der Waals surface area contributed by atoms with Crippen LogP contribution >= 0.6 is 0 Å². The van der Waals surface area contributed by atoms with Gasteiger partial charge >= 0.3 is 0 Å². The second kappa shape index (κ2) is 13.9. The smallest absolute Gasteiger partial charge is 0.262 e. The van der Waals surface area contributed by atoms with E-state index >= 15 is 0 Å². The minimum Gasteiger partial charge on any atom is -0.369 e. The number of rotatable bonds is 4. The van der Waals surface area contributed by atoms with Gasteiger partial charge in [0.2, 0.25) is 17.7 Å². The van der Waals surface area contributed by atoms with Crippen LogP contribution in [0.25, 0.3) is 0 Å². The third-order valence-corrected chi connectivity index (χ3v) is 10.8. The van der Waals surface area contributed by atoms with Crippen molar-refractivity contribution in [2.75, 3.05) is 76.3 Å². The van der Waals surface area contributed by atoms with E-state index in [0.717, 1.165) is 86.2 Å². The molecule has 2 atom stereocenters. The molecule has 0 saturated carbocycles. The van der Waals surface area contributed by atoms with Crippen molar-refractivity contribution in [3.05, 3.63) is 70.9 Å². The van der Waals surface area contributed by atoms with Crippen molar-refractivity contribution in [2.24, 2.45) is 0 Å². The minimum atomic E-state index is -0.924. The fraction of sp³-hybridized carbons (Fsp3) is 0.459. The second-order valence-corrected chi connectivity index (χ2v) is 14.2. The lowest BCUT2D eigenvalue weighted by atomic mass is 10.0. The molecule has 14 heteroatoms. The maximum absolute atomic E-state index is 12.8. The topological polar surface area (TPSA) is 146 Å². The summed E-state index contributed by atoms with van der Waals surface area (Å²) in [5, 5.41) is 4.99. The molecule has 2 unspecified atom stereocenters. The summed E-state index contributed by atoms with van der Waals surface area (Å²) in [6.45, 7) is 12.0. The van der Waals surface area contributed by atoms with Crippen LogP contribution in [0.5, 0.6) is 0 Å². The fourth-order valence-electron chi connectivity index (χ4n) is 7.62. The second-order valence-electron chi connectivity index (χ2n) is 14.2. The van der Waals surface area contributed by atoms with E-state index < -0.39 is 29.8 Å². The van der Waals surface area contributed by atoms with Crippen LogP contribution < -0.4 is 20.4 Å². The average molecular weight is 697 g/mol. The number of nitrogens with zero attached hydrogens (tertiary/aromatic N) is 6. The van der Waals surface area contributed by atoms with Crippen LogP contribution in [0, 0.1) is 0 Å². The molecule has 4 saturated heterocycles. The molecule has 6 aliphatic heterocycles. The molecule has 0 aromatic heterocycles. The number of piperidine rings is 2. The van der Waals surface area contributed by atoms with Crippen LogP contribution in [0.3, 0.4) is 0 Å². The van der Waals surface area contributed by atoms with Crippen LogP contribution in [-0.2, 0) is 20.9 Å².